The van der Waals surface area contributed by atoms with Crippen molar-refractivity contribution in [1.29, 1.82) is 0 Å². The molecule has 7 nitrogen and oxygen atoms in total. The van der Waals surface area contributed by atoms with Crippen LogP contribution in [0.3, 0.4) is 0 Å². The van der Waals surface area contributed by atoms with E-state index in [0.717, 1.165) is 56.0 Å². The Balaban J connectivity index is 1.26. The van der Waals surface area contributed by atoms with E-state index in [1.165, 1.54) is 43.4 Å². The Bertz CT molecular complexity index is 987. The predicted molar refractivity (Wildman–Crippen MR) is 122 cm³/mol. The highest BCUT2D eigenvalue weighted by Crippen LogP contribution is 2.29. The van der Waals surface area contributed by atoms with Gasteiger partial charge in [-0.2, -0.15) is 5.10 Å². The monoisotopic (exact) mass is 420 g/mol. The fraction of sp³-hybridized carbons (Fsp3) is 0.542. The van der Waals surface area contributed by atoms with Crippen molar-refractivity contribution < 1.29 is 5.11 Å². The summed E-state index contributed by atoms with van der Waals surface area (Å²) < 4.78 is 2.14. The van der Waals surface area contributed by atoms with Crippen molar-refractivity contribution in [2.45, 2.75) is 44.6 Å². The van der Waals surface area contributed by atoms with Gasteiger partial charge in [-0.3, -0.25) is 4.90 Å². The summed E-state index contributed by atoms with van der Waals surface area (Å²) in [6.45, 7) is 5.03. The zero-order valence-electron chi connectivity index (χ0n) is 18.2. The van der Waals surface area contributed by atoms with E-state index < -0.39 is 0 Å². The summed E-state index contributed by atoms with van der Waals surface area (Å²) in [7, 11) is 0. The zero-order chi connectivity index (χ0) is 21.0. The van der Waals surface area contributed by atoms with Gasteiger partial charge in [0.05, 0.1) is 24.2 Å². The Morgan fingerprint density at radius 1 is 0.935 bits per heavy atom. The summed E-state index contributed by atoms with van der Waals surface area (Å²) in [4.78, 5) is 14.2. The minimum atomic E-state index is 0.240. The first kappa shape index (κ1) is 20.4. The molecule has 1 aliphatic heterocycles. The molecular formula is C24H32N6O. The maximum absolute atomic E-state index is 9.11. The van der Waals surface area contributed by atoms with Crippen LogP contribution in [0.1, 0.15) is 49.5 Å². The van der Waals surface area contributed by atoms with Crippen LogP contribution in [0.15, 0.2) is 36.7 Å². The molecule has 3 aromatic rings. The van der Waals surface area contributed by atoms with Crippen LogP contribution in [0, 0.1) is 0 Å². The Morgan fingerprint density at radius 2 is 1.71 bits per heavy atom. The van der Waals surface area contributed by atoms with Crippen molar-refractivity contribution >= 4 is 16.7 Å². The average Bonchev–Trinajstić information content (AvgIpc) is 3.24. The number of aliphatic hydroxyl groups is 1. The highest BCUT2D eigenvalue weighted by molar-refractivity contribution is 5.73. The van der Waals surface area contributed by atoms with Crippen LogP contribution in [-0.2, 0) is 6.42 Å². The highest BCUT2D eigenvalue weighted by Gasteiger charge is 2.19. The van der Waals surface area contributed by atoms with E-state index in [9.17, 15) is 0 Å². The molecule has 0 unspecified atom stereocenters. The van der Waals surface area contributed by atoms with E-state index >= 15 is 0 Å². The molecule has 2 fully saturated rings. The Labute approximate surface area is 183 Å². The Morgan fingerprint density at radius 3 is 2.45 bits per heavy atom. The van der Waals surface area contributed by atoms with E-state index in [4.69, 9.17) is 10.1 Å². The first-order chi connectivity index (χ1) is 15.3. The molecule has 1 saturated heterocycles. The summed E-state index contributed by atoms with van der Waals surface area (Å²) in [5.41, 5.74) is 3.47. The Hall–Kier alpha value is -2.51. The van der Waals surface area contributed by atoms with Crippen LogP contribution in [0.2, 0.25) is 0 Å². The molecule has 0 bridgehead atoms. The van der Waals surface area contributed by atoms with Gasteiger partial charge in [0.15, 0.2) is 5.65 Å². The number of fused-ring (bicyclic) bond motifs is 1. The molecule has 31 heavy (non-hydrogen) atoms. The van der Waals surface area contributed by atoms with Gasteiger partial charge in [0, 0.05) is 51.0 Å². The molecule has 3 heterocycles. The molecule has 0 atom stereocenters. The lowest BCUT2D eigenvalue weighted by molar-refractivity contribution is 0.189. The quantitative estimate of drug-likeness (QED) is 0.661. The summed E-state index contributed by atoms with van der Waals surface area (Å²) in [5.74, 6) is 0.857. The summed E-state index contributed by atoms with van der Waals surface area (Å²) in [6, 6.07) is 9.29. The second kappa shape index (κ2) is 9.32. The van der Waals surface area contributed by atoms with Crippen LogP contribution < -0.4 is 4.90 Å². The van der Waals surface area contributed by atoms with E-state index in [0.29, 0.717) is 6.04 Å². The molecule has 1 N–H and O–H groups in total. The molecule has 1 aliphatic carbocycles. The van der Waals surface area contributed by atoms with Crippen molar-refractivity contribution in [3.8, 4) is 0 Å². The third kappa shape index (κ3) is 4.57. The molecular weight excluding hydrogens is 388 g/mol. The van der Waals surface area contributed by atoms with Crippen molar-refractivity contribution in [1.82, 2.24) is 24.6 Å². The number of nitrogens with zero attached hydrogens (tertiary/aromatic N) is 6. The molecule has 7 heteroatoms. The minimum Gasteiger partial charge on any atom is -0.395 e. The highest BCUT2D eigenvalue weighted by atomic mass is 16.3. The smallest absolute Gasteiger partial charge is 0.161 e. The van der Waals surface area contributed by atoms with Crippen LogP contribution in [0.5, 0.6) is 0 Å². The van der Waals surface area contributed by atoms with Crippen molar-refractivity contribution in [3.63, 3.8) is 0 Å². The number of benzene rings is 1. The number of anilines is 1. The standard InChI is InChI=1S/C24H32N6O/c31-15-14-28-10-12-29(13-11-28)21-8-6-19(7-9-21)16-23-25-17-20-18-26-30(24(20)27-23)22-4-2-1-3-5-22/h6-9,17-18,22,31H,1-5,10-16H2. The SMILES string of the molecule is OCCN1CCN(c2ccc(Cc3ncc4cnn(C5CCCCC5)c4n3)cc2)CC1. The van der Waals surface area contributed by atoms with Gasteiger partial charge in [0.1, 0.15) is 5.82 Å². The second-order valence-corrected chi connectivity index (χ2v) is 8.84. The van der Waals surface area contributed by atoms with Gasteiger partial charge in [-0.05, 0) is 30.5 Å². The van der Waals surface area contributed by atoms with Gasteiger partial charge in [-0.1, -0.05) is 31.4 Å². The number of aromatic nitrogens is 4. The molecule has 0 spiro atoms. The first-order valence-electron chi connectivity index (χ1n) is 11.7. The van der Waals surface area contributed by atoms with Crippen LogP contribution in [0.25, 0.3) is 11.0 Å². The topological polar surface area (TPSA) is 70.3 Å². The van der Waals surface area contributed by atoms with Gasteiger partial charge in [-0.15, -0.1) is 0 Å². The van der Waals surface area contributed by atoms with Crippen molar-refractivity contribution in [2.75, 3.05) is 44.2 Å². The molecule has 2 aromatic heterocycles. The normalized spacial score (nSPS) is 18.7. The average molecular weight is 421 g/mol. The molecule has 164 valence electrons. The Kier molecular flexibility index (Phi) is 6.13. The number of rotatable bonds is 6. The molecule has 1 saturated carbocycles. The fourth-order valence-corrected chi connectivity index (χ4v) is 4.93. The first-order valence-corrected chi connectivity index (χ1v) is 11.7. The number of aliphatic hydroxyl groups excluding tert-OH is 1. The second-order valence-electron chi connectivity index (χ2n) is 8.84. The number of hydrogen-bond donors (Lipinski definition) is 1. The molecule has 5 rings (SSSR count). The molecule has 0 amide bonds. The molecule has 1 aromatic carbocycles. The van der Waals surface area contributed by atoms with E-state index in [-0.39, 0.29) is 6.61 Å². The van der Waals surface area contributed by atoms with Gasteiger partial charge in [0.2, 0.25) is 0 Å². The number of β-amino-alcohol motifs (C(OH)–C–C–N with tert-alkyl or cyclic N) is 1. The van der Waals surface area contributed by atoms with Crippen LogP contribution in [0.4, 0.5) is 5.69 Å². The van der Waals surface area contributed by atoms with Crippen LogP contribution in [-0.4, -0.2) is 69.1 Å². The predicted octanol–water partition coefficient (Wildman–Crippen LogP) is 3.04. The third-order valence-corrected chi connectivity index (χ3v) is 6.76. The van der Waals surface area contributed by atoms with Gasteiger partial charge in [0.25, 0.3) is 0 Å². The minimum absolute atomic E-state index is 0.240. The zero-order valence-corrected chi connectivity index (χ0v) is 18.2. The largest absolute Gasteiger partial charge is 0.395 e. The van der Waals surface area contributed by atoms with Gasteiger partial charge in [-0.25, -0.2) is 14.6 Å². The van der Waals surface area contributed by atoms with Crippen molar-refractivity contribution in [2.24, 2.45) is 0 Å². The lowest BCUT2D eigenvalue weighted by Crippen LogP contribution is -2.47. The lowest BCUT2D eigenvalue weighted by atomic mass is 9.96. The van der Waals surface area contributed by atoms with Gasteiger partial charge >= 0.3 is 0 Å². The van der Waals surface area contributed by atoms with Gasteiger partial charge < -0.3 is 10.0 Å². The van der Waals surface area contributed by atoms with Crippen LogP contribution >= 0.6 is 0 Å². The maximum atomic E-state index is 9.11. The summed E-state index contributed by atoms with van der Waals surface area (Å²) in [5, 5.41) is 14.8. The molecule has 2 aliphatic rings. The van der Waals surface area contributed by atoms with E-state index in [2.05, 4.69) is 48.8 Å². The van der Waals surface area contributed by atoms with Crippen molar-refractivity contribution in [3.05, 3.63) is 48.0 Å². The van der Waals surface area contributed by atoms with E-state index in [1.807, 2.05) is 12.4 Å². The summed E-state index contributed by atoms with van der Waals surface area (Å²) in [6.07, 6.45) is 10.9. The maximum Gasteiger partial charge on any atom is 0.161 e. The number of hydrogen-bond acceptors (Lipinski definition) is 6. The summed E-state index contributed by atoms with van der Waals surface area (Å²) >= 11 is 0. The van der Waals surface area contributed by atoms with E-state index in [1.54, 1.807) is 0 Å². The fourth-order valence-electron chi connectivity index (χ4n) is 4.93. The number of piperazine rings is 1. The lowest BCUT2D eigenvalue weighted by Gasteiger charge is -2.35. The molecule has 0 radical (unpaired) electrons. The third-order valence-electron chi connectivity index (χ3n) is 6.76.